The van der Waals surface area contributed by atoms with Gasteiger partial charge in [0.1, 0.15) is 5.82 Å². The average molecular weight is 307 g/mol. The Balaban J connectivity index is 1.86. The van der Waals surface area contributed by atoms with E-state index in [1.165, 1.54) is 6.07 Å². The summed E-state index contributed by atoms with van der Waals surface area (Å²) in [6.07, 6.45) is 0. The lowest BCUT2D eigenvalue weighted by atomic mass is 10.1. The minimum absolute atomic E-state index is 0.0769. The molecule has 1 saturated heterocycles. The predicted octanol–water partition coefficient (Wildman–Crippen LogP) is 2.11. The fraction of sp³-hybridized carbons (Fsp3) is 0.588. The maximum atomic E-state index is 13.8. The van der Waals surface area contributed by atoms with Gasteiger partial charge in [-0.15, -0.1) is 0 Å². The number of nitrogens with zero attached hydrogens (tertiary/aromatic N) is 2. The standard InChI is InChI=1S/C17H26FN3O/c1-13(2)12-19-17(22)14(3)20-8-10-21(11-9-20)16-7-5-4-6-15(16)18/h4-7,13-14H,8-12H2,1-3H3,(H,19,22)/t14-/m1/s1. The molecule has 1 N–H and O–H groups in total. The third-order valence-electron chi connectivity index (χ3n) is 4.12. The normalized spacial score (nSPS) is 17.6. The number of anilines is 1. The number of hydrogen-bond acceptors (Lipinski definition) is 3. The van der Waals surface area contributed by atoms with Crippen LogP contribution in [0.5, 0.6) is 0 Å². The van der Waals surface area contributed by atoms with Crippen LogP contribution in [0.2, 0.25) is 0 Å². The average Bonchev–Trinajstić information content (AvgIpc) is 2.52. The molecular formula is C17H26FN3O. The zero-order chi connectivity index (χ0) is 16.1. The second kappa shape index (κ2) is 7.58. The van der Waals surface area contributed by atoms with E-state index in [1.807, 2.05) is 24.0 Å². The van der Waals surface area contributed by atoms with Crippen molar-refractivity contribution in [2.45, 2.75) is 26.8 Å². The lowest BCUT2D eigenvalue weighted by Crippen LogP contribution is -2.54. The molecule has 122 valence electrons. The van der Waals surface area contributed by atoms with E-state index in [0.717, 1.165) is 26.2 Å². The number of halogens is 1. The van der Waals surface area contributed by atoms with Crippen LogP contribution in [0.1, 0.15) is 20.8 Å². The van der Waals surface area contributed by atoms with Crippen LogP contribution in [-0.2, 0) is 4.79 Å². The van der Waals surface area contributed by atoms with Crippen LogP contribution in [0, 0.1) is 11.7 Å². The van der Waals surface area contributed by atoms with Gasteiger partial charge in [0.15, 0.2) is 0 Å². The fourth-order valence-electron chi connectivity index (χ4n) is 2.68. The van der Waals surface area contributed by atoms with E-state index in [9.17, 15) is 9.18 Å². The molecule has 2 rings (SSSR count). The quantitative estimate of drug-likeness (QED) is 0.905. The van der Waals surface area contributed by atoms with Crippen molar-refractivity contribution >= 4 is 11.6 Å². The van der Waals surface area contributed by atoms with E-state index in [1.54, 1.807) is 6.07 Å². The molecule has 1 aromatic rings. The SMILES string of the molecule is CC(C)CNC(=O)[C@@H](C)N1CCN(c2ccccc2F)CC1. The first kappa shape index (κ1) is 16.7. The van der Waals surface area contributed by atoms with Crippen molar-refractivity contribution in [3.63, 3.8) is 0 Å². The number of rotatable bonds is 5. The molecule has 0 spiro atoms. The minimum Gasteiger partial charge on any atom is -0.367 e. The first-order chi connectivity index (χ1) is 10.5. The van der Waals surface area contributed by atoms with E-state index in [0.29, 0.717) is 18.2 Å². The number of para-hydroxylation sites is 1. The van der Waals surface area contributed by atoms with Gasteiger partial charge < -0.3 is 10.2 Å². The molecule has 22 heavy (non-hydrogen) atoms. The highest BCUT2D eigenvalue weighted by Gasteiger charge is 2.26. The van der Waals surface area contributed by atoms with Crippen LogP contribution in [-0.4, -0.2) is 49.6 Å². The van der Waals surface area contributed by atoms with Crippen molar-refractivity contribution in [1.29, 1.82) is 0 Å². The molecule has 0 aliphatic carbocycles. The smallest absolute Gasteiger partial charge is 0.237 e. The van der Waals surface area contributed by atoms with Crippen LogP contribution in [0.4, 0.5) is 10.1 Å². The molecule has 0 radical (unpaired) electrons. The van der Waals surface area contributed by atoms with E-state index in [2.05, 4.69) is 24.1 Å². The van der Waals surface area contributed by atoms with Crippen LogP contribution in [0.3, 0.4) is 0 Å². The molecule has 4 nitrogen and oxygen atoms in total. The van der Waals surface area contributed by atoms with Gasteiger partial charge in [-0.1, -0.05) is 26.0 Å². The summed E-state index contributed by atoms with van der Waals surface area (Å²) in [6, 6.07) is 6.72. The maximum absolute atomic E-state index is 13.8. The Bertz CT molecular complexity index is 498. The van der Waals surface area contributed by atoms with Gasteiger partial charge >= 0.3 is 0 Å². The van der Waals surface area contributed by atoms with Gasteiger partial charge in [-0.2, -0.15) is 0 Å². The van der Waals surface area contributed by atoms with Crippen LogP contribution in [0.15, 0.2) is 24.3 Å². The molecule has 0 bridgehead atoms. The summed E-state index contributed by atoms with van der Waals surface area (Å²) >= 11 is 0. The van der Waals surface area contributed by atoms with E-state index < -0.39 is 0 Å². The summed E-state index contributed by atoms with van der Waals surface area (Å²) in [4.78, 5) is 16.3. The Morgan fingerprint density at radius 1 is 1.18 bits per heavy atom. The summed E-state index contributed by atoms with van der Waals surface area (Å²) < 4.78 is 13.8. The number of carbonyl (C=O) groups is 1. The zero-order valence-electron chi connectivity index (χ0n) is 13.7. The molecule has 1 aromatic carbocycles. The van der Waals surface area contributed by atoms with Crippen molar-refractivity contribution in [2.75, 3.05) is 37.6 Å². The molecule has 1 aliphatic rings. The summed E-state index contributed by atoms with van der Waals surface area (Å²) in [5, 5.41) is 2.98. The van der Waals surface area contributed by atoms with Crippen molar-refractivity contribution < 1.29 is 9.18 Å². The maximum Gasteiger partial charge on any atom is 0.237 e. The summed E-state index contributed by atoms with van der Waals surface area (Å²) in [5.74, 6) is 0.348. The Labute approximate surface area is 132 Å². The van der Waals surface area contributed by atoms with Crippen molar-refractivity contribution in [2.24, 2.45) is 5.92 Å². The fourth-order valence-corrected chi connectivity index (χ4v) is 2.68. The van der Waals surface area contributed by atoms with Gasteiger partial charge in [0.05, 0.1) is 11.7 Å². The molecule has 0 unspecified atom stereocenters. The predicted molar refractivity (Wildman–Crippen MR) is 87.5 cm³/mol. The largest absolute Gasteiger partial charge is 0.367 e. The molecule has 0 saturated carbocycles. The monoisotopic (exact) mass is 307 g/mol. The topological polar surface area (TPSA) is 35.6 Å². The Hall–Kier alpha value is -1.62. The third-order valence-corrected chi connectivity index (χ3v) is 4.12. The number of carbonyl (C=O) groups excluding carboxylic acids is 1. The van der Waals surface area contributed by atoms with Gasteiger partial charge in [0, 0.05) is 32.7 Å². The third kappa shape index (κ3) is 4.19. The summed E-state index contributed by atoms with van der Waals surface area (Å²) in [7, 11) is 0. The molecule has 1 heterocycles. The second-order valence-electron chi connectivity index (χ2n) is 6.29. The number of piperazine rings is 1. The van der Waals surface area contributed by atoms with Crippen LogP contribution in [0.25, 0.3) is 0 Å². The van der Waals surface area contributed by atoms with Gasteiger partial charge in [0.25, 0.3) is 0 Å². The van der Waals surface area contributed by atoms with Gasteiger partial charge in [-0.25, -0.2) is 4.39 Å². The van der Waals surface area contributed by atoms with Crippen molar-refractivity contribution in [3.8, 4) is 0 Å². The van der Waals surface area contributed by atoms with E-state index >= 15 is 0 Å². The summed E-state index contributed by atoms with van der Waals surface area (Å²) in [5.41, 5.74) is 0.652. The highest BCUT2D eigenvalue weighted by molar-refractivity contribution is 5.81. The van der Waals surface area contributed by atoms with Gasteiger partial charge in [-0.05, 0) is 25.0 Å². The van der Waals surface area contributed by atoms with Crippen molar-refractivity contribution in [3.05, 3.63) is 30.1 Å². The number of benzene rings is 1. The highest BCUT2D eigenvalue weighted by Crippen LogP contribution is 2.20. The second-order valence-corrected chi connectivity index (χ2v) is 6.29. The molecule has 1 atom stereocenters. The highest BCUT2D eigenvalue weighted by atomic mass is 19.1. The van der Waals surface area contributed by atoms with E-state index in [-0.39, 0.29) is 17.8 Å². The van der Waals surface area contributed by atoms with Gasteiger partial charge in [0.2, 0.25) is 5.91 Å². The molecular weight excluding hydrogens is 281 g/mol. The van der Waals surface area contributed by atoms with Crippen LogP contribution < -0.4 is 10.2 Å². The lowest BCUT2D eigenvalue weighted by Gasteiger charge is -2.38. The van der Waals surface area contributed by atoms with Gasteiger partial charge in [-0.3, -0.25) is 9.69 Å². The molecule has 1 fully saturated rings. The number of amides is 1. The first-order valence-electron chi connectivity index (χ1n) is 8.00. The number of nitrogens with one attached hydrogen (secondary N) is 1. The molecule has 1 amide bonds. The van der Waals surface area contributed by atoms with Crippen LogP contribution >= 0.6 is 0 Å². The Kier molecular flexibility index (Phi) is 5.77. The minimum atomic E-state index is -0.182. The Morgan fingerprint density at radius 2 is 1.82 bits per heavy atom. The number of hydrogen-bond donors (Lipinski definition) is 1. The molecule has 5 heteroatoms. The zero-order valence-corrected chi connectivity index (χ0v) is 13.7. The first-order valence-corrected chi connectivity index (χ1v) is 8.00. The lowest BCUT2D eigenvalue weighted by molar-refractivity contribution is -0.126. The van der Waals surface area contributed by atoms with E-state index in [4.69, 9.17) is 0 Å². The molecule has 1 aliphatic heterocycles. The summed E-state index contributed by atoms with van der Waals surface area (Å²) in [6.45, 7) is 9.82. The Morgan fingerprint density at radius 3 is 2.41 bits per heavy atom. The van der Waals surface area contributed by atoms with Crippen molar-refractivity contribution in [1.82, 2.24) is 10.2 Å². The molecule has 0 aromatic heterocycles.